The number of carbonyl (C=O) groups is 2. The quantitative estimate of drug-likeness (QED) is 0.485. The molecule has 0 aliphatic heterocycles. The molecule has 2 aromatic carbocycles. The van der Waals surface area contributed by atoms with Crippen molar-refractivity contribution in [2.45, 2.75) is 69.6 Å². The minimum atomic E-state index is -4.30. The van der Waals surface area contributed by atoms with Crippen LogP contribution in [0.15, 0.2) is 60.7 Å². The monoisotopic (exact) mass is 504 g/mol. The fraction of sp³-hybridized carbons (Fsp3) is 0.500. The van der Waals surface area contributed by atoms with E-state index < -0.39 is 18.2 Å². The van der Waals surface area contributed by atoms with Crippen LogP contribution in [-0.4, -0.2) is 48.8 Å². The van der Waals surface area contributed by atoms with Crippen molar-refractivity contribution in [3.05, 3.63) is 71.8 Å². The summed E-state index contributed by atoms with van der Waals surface area (Å²) in [5, 5.41) is 2.73. The lowest BCUT2D eigenvalue weighted by atomic mass is 9.85. The number of rotatable bonds is 6. The Bertz CT molecular complexity index is 928. The third-order valence-corrected chi connectivity index (χ3v) is 6.92. The number of hydrogen-bond acceptors (Lipinski definition) is 3. The van der Waals surface area contributed by atoms with Crippen molar-refractivity contribution < 1.29 is 27.5 Å². The number of alkyl halides is 3. The number of benzene rings is 2. The SMILES string of the molecule is COC(=O)NCC1CCC(N(C(=O)c2ccc(C(C)C(F)(F)F)cc2)C2CC2)CC1.c1ccccc1. The first kappa shape index (κ1) is 27.6. The molecule has 0 saturated heterocycles. The Balaban J connectivity index is 0.000000526. The smallest absolute Gasteiger partial charge is 0.406 e. The summed E-state index contributed by atoms with van der Waals surface area (Å²) in [6.45, 7) is 1.69. The largest absolute Gasteiger partial charge is 0.453 e. The normalized spacial score (nSPS) is 20.4. The van der Waals surface area contributed by atoms with Crippen molar-refractivity contribution in [3.8, 4) is 0 Å². The minimum Gasteiger partial charge on any atom is -0.453 e. The van der Waals surface area contributed by atoms with Crippen molar-refractivity contribution in [1.29, 1.82) is 0 Å². The van der Waals surface area contributed by atoms with E-state index >= 15 is 0 Å². The van der Waals surface area contributed by atoms with Crippen LogP contribution in [0.3, 0.4) is 0 Å². The van der Waals surface area contributed by atoms with Gasteiger partial charge < -0.3 is 15.0 Å². The zero-order valence-electron chi connectivity index (χ0n) is 20.8. The number of amides is 2. The topological polar surface area (TPSA) is 58.6 Å². The number of alkyl carbamates (subject to hydrolysis) is 1. The van der Waals surface area contributed by atoms with Gasteiger partial charge in [-0.1, -0.05) is 48.5 Å². The van der Waals surface area contributed by atoms with Gasteiger partial charge in [0.1, 0.15) is 0 Å². The molecule has 0 heterocycles. The predicted molar refractivity (Wildman–Crippen MR) is 133 cm³/mol. The third-order valence-electron chi connectivity index (χ3n) is 6.92. The molecule has 0 aromatic heterocycles. The van der Waals surface area contributed by atoms with E-state index in [0.29, 0.717) is 18.0 Å². The second kappa shape index (κ2) is 12.8. The van der Waals surface area contributed by atoms with E-state index in [4.69, 9.17) is 0 Å². The van der Waals surface area contributed by atoms with Gasteiger partial charge in [-0.05, 0) is 69.1 Å². The number of nitrogens with one attached hydrogen (secondary N) is 1. The first-order valence-corrected chi connectivity index (χ1v) is 12.5. The molecule has 2 aromatic rings. The van der Waals surface area contributed by atoms with Crippen LogP contribution in [0.5, 0.6) is 0 Å². The predicted octanol–water partition coefficient (Wildman–Crippen LogP) is 6.56. The Morgan fingerprint density at radius 1 is 0.917 bits per heavy atom. The van der Waals surface area contributed by atoms with Gasteiger partial charge in [-0.25, -0.2) is 4.79 Å². The Morgan fingerprint density at radius 2 is 1.39 bits per heavy atom. The molecule has 36 heavy (non-hydrogen) atoms. The van der Waals surface area contributed by atoms with Gasteiger partial charge in [-0.15, -0.1) is 0 Å². The van der Waals surface area contributed by atoms with Gasteiger partial charge in [0.25, 0.3) is 5.91 Å². The van der Waals surface area contributed by atoms with E-state index in [1.54, 1.807) is 0 Å². The molecule has 1 N–H and O–H groups in total. The highest BCUT2D eigenvalue weighted by atomic mass is 19.4. The standard InChI is InChI=1S/C22H29F3N2O3.C6H6/c1-14(22(23,24)25)16-5-7-17(8-6-16)20(28)27(19-11-12-19)18-9-3-15(4-10-18)13-26-21(29)30-2;1-2-4-6-5-3-1/h5-8,14-15,18-19H,3-4,9-13H2,1-2H3,(H,26,29);1-6H. The lowest BCUT2D eigenvalue weighted by molar-refractivity contribution is -0.146. The molecule has 0 radical (unpaired) electrons. The van der Waals surface area contributed by atoms with E-state index in [9.17, 15) is 22.8 Å². The number of methoxy groups -OCH3 is 1. The van der Waals surface area contributed by atoms with Crippen molar-refractivity contribution in [2.24, 2.45) is 5.92 Å². The molecule has 0 bridgehead atoms. The number of ether oxygens (including phenoxy) is 1. The summed E-state index contributed by atoms with van der Waals surface area (Å²) in [6, 6.07) is 18.2. The van der Waals surface area contributed by atoms with Gasteiger partial charge in [0.2, 0.25) is 0 Å². The number of hydrogen-bond donors (Lipinski definition) is 1. The molecular formula is C28H35F3N2O3. The first-order valence-electron chi connectivity index (χ1n) is 12.5. The molecule has 2 saturated carbocycles. The average molecular weight is 505 g/mol. The van der Waals surface area contributed by atoms with Crippen LogP contribution in [0.2, 0.25) is 0 Å². The van der Waals surface area contributed by atoms with E-state index in [0.717, 1.165) is 45.4 Å². The molecular weight excluding hydrogens is 469 g/mol. The first-order chi connectivity index (χ1) is 17.2. The highest BCUT2D eigenvalue weighted by Gasteiger charge is 2.40. The van der Waals surface area contributed by atoms with E-state index in [1.807, 2.05) is 41.3 Å². The summed E-state index contributed by atoms with van der Waals surface area (Å²) in [7, 11) is 1.33. The van der Waals surface area contributed by atoms with Crippen molar-refractivity contribution in [2.75, 3.05) is 13.7 Å². The van der Waals surface area contributed by atoms with Crippen LogP contribution in [0, 0.1) is 5.92 Å². The molecule has 2 aliphatic rings. The third kappa shape index (κ3) is 8.00. The zero-order chi connectivity index (χ0) is 26.1. The summed E-state index contributed by atoms with van der Waals surface area (Å²) >= 11 is 0. The lowest BCUT2D eigenvalue weighted by Crippen LogP contribution is -2.44. The molecule has 1 atom stereocenters. The molecule has 8 heteroatoms. The van der Waals surface area contributed by atoms with Gasteiger partial charge in [0.15, 0.2) is 0 Å². The van der Waals surface area contributed by atoms with E-state index in [1.165, 1.54) is 31.4 Å². The van der Waals surface area contributed by atoms with Crippen molar-refractivity contribution >= 4 is 12.0 Å². The summed E-state index contributed by atoms with van der Waals surface area (Å²) < 4.78 is 43.4. The second-order valence-electron chi connectivity index (χ2n) is 9.53. The zero-order valence-corrected chi connectivity index (χ0v) is 20.8. The minimum absolute atomic E-state index is 0.0974. The molecule has 5 nitrogen and oxygen atoms in total. The highest BCUT2D eigenvalue weighted by molar-refractivity contribution is 5.95. The summed E-state index contributed by atoms with van der Waals surface area (Å²) in [5.41, 5.74) is 0.602. The average Bonchev–Trinajstić information content (AvgIpc) is 3.74. The van der Waals surface area contributed by atoms with Gasteiger partial charge in [-0.2, -0.15) is 13.2 Å². The maximum absolute atomic E-state index is 13.2. The molecule has 2 fully saturated rings. The van der Waals surface area contributed by atoms with Crippen LogP contribution in [0.25, 0.3) is 0 Å². The van der Waals surface area contributed by atoms with Crippen molar-refractivity contribution in [3.63, 3.8) is 0 Å². The Morgan fingerprint density at radius 3 is 1.81 bits per heavy atom. The maximum Gasteiger partial charge on any atom is 0.406 e. The summed E-state index contributed by atoms with van der Waals surface area (Å²) in [6.07, 6.45) is 0.748. The Hall–Kier alpha value is -3.03. The molecule has 0 spiro atoms. The summed E-state index contributed by atoms with van der Waals surface area (Å²) in [4.78, 5) is 26.4. The van der Waals surface area contributed by atoms with Crippen LogP contribution in [0.1, 0.15) is 67.3 Å². The van der Waals surface area contributed by atoms with Gasteiger partial charge in [0, 0.05) is 24.2 Å². The Kier molecular flexibility index (Phi) is 9.79. The summed E-state index contributed by atoms with van der Waals surface area (Å²) in [5.74, 6) is -1.30. The lowest BCUT2D eigenvalue weighted by Gasteiger charge is -2.37. The molecule has 2 aliphatic carbocycles. The van der Waals surface area contributed by atoms with Crippen LogP contribution in [0.4, 0.5) is 18.0 Å². The highest BCUT2D eigenvalue weighted by Crippen LogP contribution is 2.37. The fourth-order valence-corrected chi connectivity index (χ4v) is 4.55. The molecule has 196 valence electrons. The maximum atomic E-state index is 13.2. The molecule has 4 rings (SSSR count). The van der Waals surface area contributed by atoms with Crippen LogP contribution < -0.4 is 5.32 Å². The number of carbonyl (C=O) groups excluding carboxylic acids is 2. The van der Waals surface area contributed by atoms with E-state index in [2.05, 4.69) is 10.1 Å². The van der Waals surface area contributed by atoms with Gasteiger partial charge >= 0.3 is 12.3 Å². The fourth-order valence-electron chi connectivity index (χ4n) is 4.55. The Labute approximate surface area is 211 Å². The number of nitrogens with zero attached hydrogens (tertiary/aromatic N) is 1. The number of halogens is 3. The second-order valence-corrected chi connectivity index (χ2v) is 9.53. The van der Waals surface area contributed by atoms with Gasteiger partial charge in [0.05, 0.1) is 13.0 Å². The molecule has 1 unspecified atom stereocenters. The van der Waals surface area contributed by atoms with Crippen molar-refractivity contribution in [1.82, 2.24) is 10.2 Å². The van der Waals surface area contributed by atoms with Gasteiger partial charge in [-0.3, -0.25) is 4.79 Å². The van der Waals surface area contributed by atoms with Crippen LogP contribution >= 0.6 is 0 Å². The molecule has 2 amide bonds. The van der Waals surface area contributed by atoms with Crippen LogP contribution in [-0.2, 0) is 4.74 Å². The van der Waals surface area contributed by atoms with E-state index in [-0.39, 0.29) is 23.6 Å².